The van der Waals surface area contributed by atoms with Gasteiger partial charge in [0.25, 0.3) is 0 Å². The Morgan fingerprint density at radius 2 is 1.90 bits per heavy atom. The quantitative estimate of drug-likeness (QED) is 0.840. The SMILES string of the molecule is CCN(CC1CCC1)C(=O)C1CCCN1C1CCNCC1. The van der Waals surface area contributed by atoms with E-state index in [9.17, 15) is 4.79 Å². The summed E-state index contributed by atoms with van der Waals surface area (Å²) in [6, 6.07) is 0.804. The van der Waals surface area contributed by atoms with Crippen LogP contribution < -0.4 is 5.32 Å². The van der Waals surface area contributed by atoms with Crippen molar-refractivity contribution in [1.29, 1.82) is 0 Å². The lowest BCUT2D eigenvalue weighted by Crippen LogP contribution is -2.52. The zero-order valence-electron chi connectivity index (χ0n) is 13.5. The maximum atomic E-state index is 13.0. The molecule has 120 valence electrons. The minimum atomic E-state index is 0.174. The van der Waals surface area contributed by atoms with Crippen molar-refractivity contribution in [3.05, 3.63) is 0 Å². The van der Waals surface area contributed by atoms with Gasteiger partial charge < -0.3 is 10.2 Å². The van der Waals surface area contributed by atoms with Gasteiger partial charge in [0.1, 0.15) is 0 Å². The Hall–Kier alpha value is -0.610. The number of piperidine rings is 1. The molecule has 1 unspecified atom stereocenters. The Labute approximate surface area is 129 Å². The second kappa shape index (κ2) is 7.10. The molecule has 1 N–H and O–H groups in total. The Morgan fingerprint density at radius 3 is 2.52 bits per heavy atom. The largest absolute Gasteiger partial charge is 0.341 e. The molecule has 0 aromatic carbocycles. The molecule has 3 aliphatic rings. The fourth-order valence-electron chi connectivity index (χ4n) is 4.20. The molecule has 1 saturated carbocycles. The molecule has 0 aromatic heterocycles. The number of rotatable bonds is 5. The first-order valence-corrected chi connectivity index (χ1v) is 9.05. The molecule has 0 spiro atoms. The Balaban J connectivity index is 1.60. The Bertz CT molecular complexity index is 350. The fraction of sp³-hybridized carbons (Fsp3) is 0.941. The molecule has 1 atom stereocenters. The van der Waals surface area contributed by atoms with Crippen molar-refractivity contribution >= 4 is 5.91 Å². The zero-order valence-corrected chi connectivity index (χ0v) is 13.5. The van der Waals surface area contributed by atoms with Gasteiger partial charge in [-0.05, 0) is 71.0 Å². The lowest BCUT2D eigenvalue weighted by molar-refractivity contribution is -0.137. The molecular weight excluding hydrogens is 262 g/mol. The van der Waals surface area contributed by atoms with Crippen molar-refractivity contribution in [2.45, 2.75) is 64.0 Å². The summed E-state index contributed by atoms with van der Waals surface area (Å²) in [4.78, 5) is 17.7. The van der Waals surface area contributed by atoms with Gasteiger partial charge in [-0.2, -0.15) is 0 Å². The molecule has 4 nitrogen and oxygen atoms in total. The summed E-state index contributed by atoms with van der Waals surface area (Å²) < 4.78 is 0. The van der Waals surface area contributed by atoms with Crippen LogP contribution in [0.25, 0.3) is 0 Å². The molecule has 0 aromatic rings. The van der Waals surface area contributed by atoms with Gasteiger partial charge in [-0.1, -0.05) is 6.42 Å². The first-order valence-electron chi connectivity index (χ1n) is 9.05. The first-order chi connectivity index (χ1) is 10.3. The average Bonchev–Trinajstić information content (AvgIpc) is 2.96. The standard InChI is InChI=1S/C17H31N3O/c1-2-19(13-14-5-3-6-14)17(21)16-7-4-12-20(16)15-8-10-18-11-9-15/h14-16,18H,2-13H2,1H3. The number of nitrogens with zero attached hydrogens (tertiary/aromatic N) is 2. The van der Waals surface area contributed by atoms with Crippen LogP contribution in [-0.4, -0.2) is 60.5 Å². The molecule has 21 heavy (non-hydrogen) atoms. The second-order valence-electron chi connectivity index (χ2n) is 7.05. The van der Waals surface area contributed by atoms with Crippen LogP contribution in [0.2, 0.25) is 0 Å². The van der Waals surface area contributed by atoms with E-state index in [0.29, 0.717) is 11.9 Å². The van der Waals surface area contributed by atoms with Crippen molar-refractivity contribution in [3.63, 3.8) is 0 Å². The number of likely N-dealkylation sites (N-methyl/N-ethyl adjacent to an activating group) is 1. The fourth-order valence-corrected chi connectivity index (χ4v) is 4.20. The van der Waals surface area contributed by atoms with Crippen LogP contribution in [0, 0.1) is 5.92 Å². The van der Waals surface area contributed by atoms with Crippen molar-refractivity contribution in [1.82, 2.24) is 15.1 Å². The van der Waals surface area contributed by atoms with Crippen LogP contribution in [0.5, 0.6) is 0 Å². The van der Waals surface area contributed by atoms with Crippen LogP contribution in [0.1, 0.15) is 51.9 Å². The molecule has 0 bridgehead atoms. The van der Waals surface area contributed by atoms with Gasteiger partial charge in [0.15, 0.2) is 0 Å². The topological polar surface area (TPSA) is 35.6 Å². The summed E-state index contributed by atoms with van der Waals surface area (Å²) >= 11 is 0. The molecule has 1 aliphatic carbocycles. The van der Waals surface area contributed by atoms with Crippen molar-refractivity contribution < 1.29 is 4.79 Å². The zero-order chi connectivity index (χ0) is 14.7. The van der Waals surface area contributed by atoms with Crippen molar-refractivity contribution in [2.24, 2.45) is 5.92 Å². The first kappa shape index (κ1) is 15.3. The Morgan fingerprint density at radius 1 is 1.14 bits per heavy atom. The monoisotopic (exact) mass is 293 g/mol. The minimum Gasteiger partial charge on any atom is -0.341 e. The summed E-state index contributed by atoms with van der Waals surface area (Å²) in [7, 11) is 0. The van der Waals surface area contributed by atoms with Gasteiger partial charge in [-0.3, -0.25) is 9.69 Å². The van der Waals surface area contributed by atoms with Gasteiger partial charge in [-0.15, -0.1) is 0 Å². The summed E-state index contributed by atoms with van der Waals surface area (Å²) in [5.41, 5.74) is 0. The van der Waals surface area contributed by atoms with Crippen molar-refractivity contribution in [3.8, 4) is 0 Å². The van der Waals surface area contributed by atoms with Gasteiger partial charge in [0.2, 0.25) is 5.91 Å². The van der Waals surface area contributed by atoms with E-state index in [1.807, 2.05) is 0 Å². The highest BCUT2D eigenvalue weighted by Crippen LogP contribution is 2.29. The smallest absolute Gasteiger partial charge is 0.239 e. The van der Waals surface area contributed by atoms with E-state index in [4.69, 9.17) is 0 Å². The summed E-state index contributed by atoms with van der Waals surface area (Å²) in [5, 5.41) is 3.44. The highest BCUT2D eigenvalue weighted by molar-refractivity contribution is 5.82. The summed E-state index contributed by atoms with van der Waals surface area (Å²) in [6.07, 6.45) is 8.70. The number of hydrogen-bond acceptors (Lipinski definition) is 3. The van der Waals surface area contributed by atoms with E-state index in [1.165, 1.54) is 38.5 Å². The molecule has 2 saturated heterocycles. The number of carbonyl (C=O) groups is 1. The third kappa shape index (κ3) is 3.42. The van der Waals surface area contributed by atoms with E-state index in [0.717, 1.165) is 45.1 Å². The summed E-state index contributed by atoms with van der Waals surface area (Å²) in [5.74, 6) is 1.20. The number of likely N-dealkylation sites (tertiary alicyclic amines) is 1. The van der Waals surface area contributed by atoms with Crippen LogP contribution in [0.15, 0.2) is 0 Å². The number of carbonyl (C=O) groups excluding carboxylic acids is 1. The van der Waals surface area contributed by atoms with Crippen LogP contribution >= 0.6 is 0 Å². The maximum absolute atomic E-state index is 13.0. The lowest BCUT2D eigenvalue weighted by Gasteiger charge is -2.38. The van der Waals surface area contributed by atoms with Gasteiger partial charge in [0, 0.05) is 19.1 Å². The number of nitrogens with one attached hydrogen (secondary N) is 1. The third-order valence-corrected chi connectivity index (χ3v) is 5.75. The summed E-state index contributed by atoms with van der Waals surface area (Å²) in [6.45, 7) is 7.38. The van der Waals surface area contributed by atoms with Gasteiger partial charge in [0.05, 0.1) is 6.04 Å². The average molecular weight is 293 g/mol. The third-order valence-electron chi connectivity index (χ3n) is 5.75. The highest BCUT2D eigenvalue weighted by Gasteiger charge is 2.38. The molecule has 1 amide bonds. The van der Waals surface area contributed by atoms with Crippen LogP contribution in [0.4, 0.5) is 0 Å². The molecule has 2 heterocycles. The van der Waals surface area contributed by atoms with Crippen LogP contribution in [-0.2, 0) is 4.79 Å². The van der Waals surface area contributed by atoms with E-state index in [1.54, 1.807) is 0 Å². The maximum Gasteiger partial charge on any atom is 0.239 e. The van der Waals surface area contributed by atoms with E-state index in [2.05, 4.69) is 22.0 Å². The molecule has 3 rings (SSSR count). The normalized spacial score (nSPS) is 28.5. The molecule has 2 aliphatic heterocycles. The van der Waals surface area contributed by atoms with E-state index >= 15 is 0 Å². The van der Waals surface area contributed by atoms with Gasteiger partial charge >= 0.3 is 0 Å². The van der Waals surface area contributed by atoms with E-state index < -0.39 is 0 Å². The Kier molecular flexibility index (Phi) is 5.17. The number of amides is 1. The second-order valence-corrected chi connectivity index (χ2v) is 7.05. The minimum absolute atomic E-state index is 0.174. The predicted octanol–water partition coefficient (Wildman–Crippen LogP) is 1.85. The molecular formula is C17H31N3O. The van der Waals surface area contributed by atoms with Gasteiger partial charge in [-0.25, -0.2) is 0 Å². The van der Waals surface area contributed by atoms with E-state index in [-0.39, 0.29) is 6.04 Å². The van der Waals surface area contributed by atoms with Crippen molar-refractivity contribution in [2.75, 3.05) is 32.7 Å². The molecule has 4 heteroatoms. The number of hydrogen-bond donors (Lipinski definition) is 1. The molecule has 3 fully saturated rings. The molecule has 0 radical (unpaired) electrons. The predicted molar refractivity (Wildman–Crippen MR) is 85.2 cm³/mol. The highest BCUT2D eigenvalue weighted by atomic mass is 16.2. The lowest BCUT2D eigenvalue weighted by atomic mass is 9.85. The van der Waals surface area contributed by atoms with Crippen LogP contribution in [0.3, 0.4) is 0 Å².